The smallest absolute Gasteiger partial charge is 0.270 e. The van der Waals surface area contributed by atoms with Gasteiger partial charge in [0.25, 0.3) is 17.5 Å². The van der Waals surface area contributed by atoms with Crippen LogP contribution in [0.3, 0.4) is 0 Å². The van der Waals surface area contributed by atoms with E-state index in [1.54, 1.807) is 18.2 Å². The van der Waals surface area contributed by atoms with Crippen LogP contribution >= 0.6 is 0 Å². The molecule has 0 spiro atoms. The van der Waals surface area contributed by atoms with E-state index in [1.165, 1.54) is 25.3 Å². The van der Waals surface area contributed by atoms with Crippen LogP contribution in [0.15, 0.2) is 42.5 Å². The summed E-state index contributed by atoms with van der Waals surface area (Å²) in [5.74, 6) is -0.647. The quantitative estimate of drug-likeness (QED) is 0.658. The van der Waals surface area contributed by atoms with Gasteiger partial charge in [-0.1, -0.05) is 12.1 Å². The van der Waals surface area contributed by atoms with Crippen LogP contribution in [0.4, 0.5) is 5.69 Å². The van der Waals surface area contributed by atoms with Crippen LogP contribution in [0.1, 0.15) is 26.3 Å². The van der Waals surface area contributed by atoms with Crippen LogP contribution in [0.25, 0.3) is 0 Å². The van der Waals surface area contributed by atoms with E-state index in [0.29, 0.717) is 11.3 Å². The number of nitro groups is 1. The fraction of sp³-hybridized carbons (Fsp3) is 0.125. The van der Waals surface area contributed by atoms with E-state index in [2.05, 4.69) is 10.9 Å². The summed E-state index contributed by atoms with van der Waals surface area (Å²) >= 11 is 0. The van der Waals surface area contributed by atoms with Gasteiger partial charge < -0.3 is 4.74 Å². The van der Waals surface area contributed by atoms with Gasteiger partial charge >= 0.3 is 0 Å². The Labute approximate surface area is 137 Å². The number of benzene rings is 2. The third-order valence-corrected chi connectivity index (χ3v) is 3.28. The summed E-state index contributed by atoms with van der Waals surface area (Å²) < 4.78 is 5.14. The van der Waals surface area contributed by atoms with Gasteiger partial charge in [-0.05, 0) is 30.7 Å². The molecular formula is C16H15N3O5. The summed E-state index contributed by atoms with van der Waals surface area (Å²) in [6, 6.07) is 10.0. The molecule has 0 atom stereocenters. The maximum atomic E-state index is 12.0. The van der Waals surface area contributed by atoms with E-state index in [0.717, 1.165) is 11.6 Å². The molecule has 0 heterocycles. The van der Waals surface area contributed by atoms with Gasteiger partial charge in [0.1, 0.15) is 5.75 Å². The first-order valence-electron chi connectivity index (χ1n) is 6.92. The Kier molecular flexibility index (Phi) is 5.10. The molecule has 8 heteroatoms. The summed E-state index contributed by atoms with van der Waals surface area (Å²) in [7, 11) is 1.49. The number of ether oxygens (including phenoxy) is 1. The zero-order valence-corrected chi connectivity index (χ0v) is 13.0. The summed E-state index contributed by atoms with van der Waals surface area (Å²) in [6.45, 7) is 1.84. The molecule has 0 unspecified atom stereocenters. The number of nitro benzene ring substituents is 1. The lowest BCUT2D eigenvalue weighted by Crippen LogP contribution is -2.41. The van der Waals surface area contributed by atoms with E-state index >= 15 is 0 Å². The average molecular weight is 329 g/mol. The molecule has 0 saturated heterocycles. The van der Waals surface area contributed by atoms with E-state index in [9.17, 15) is 19.7 Å². The van der Waals surface area contributed by atoms with Crippen molar-refractivity contribution in [2.24, 2.45) is 0 Å². The monoisotopic (exact) mass is 329 g/mol. The lowest BCUT2D eigenvalue weighted by atomic mass is 10.1. The number of nitrogens with zero attached hydrogens (tertiary/aromatic N) is 1. The Bertz CT molecular complexity index is 804. The number of hydrogen-bond acceptors (Lipinski definition) is 5. The van der Waals surface area contributed by atoms with Crippen molar-refractivity contribution in [2.75, 3.05) is 7.11 Å². The number of amides is 2. The molecule has 2 amide bonds. The van der Waals surface area contributed by atoms with E-state index in [1.807, 2.05) is 6.92 Å². The minimum absolute atomic E-state index is 0.0611. The predicted molar refractivity (Wildman–Crippen MR) is 85.8 cm³/mol. The van der Waals surface area contributed by atoms with Gasteiger partial charge in [-0.2, -0.15) is 0 Å². The number of rotatable bonds is 4. The molecule has 8 nitrogen and oxygen atoms in total. The number of carbonyl (C=O) groups is 2. The first kappa shape index (κ1) is 16.9. The Hall–Kier alpha value is -3.42. The van der Waals surface area contributed by atoms with Crippen molar-refractivity contribution in [3.05, 3.63) is 69.3 Å². The fourth-order valence-electron chi connectivity index (χ4n) is 1.98. The Balaban J connectivity index is 2.05. The maximum Gasteiger partial charge on any atom is 0.270 e. The molecule has 0 aliphatic rings. The highest BCUT2D eigenvalue weighted by Gasteiger charge is 2.13. The Morgan fingerprint density at radius 1 is 1.04 bits per heavy atom. The molecule has 124 valence electrons. The number of aryl methyl sites for hydroxylation is 1. The first-order valence-corrected chi connectivity index (χ1v) is 6.92. The van der Waals surface area contributed by atoms with Crippen molar-refractivity contribution in [3.8, 4) is 5.75 Å². The fourth-order valence-corrected chi connectivity index (χ4v) is 1.98. The first-order chi connectivity index (χ1) is 11.4. The second kappa shape index (κ2) is 7.23. The zero-order chi connectivity index (χ0) is 17.7. The normalized spacial score (nSPS) is 9.92. The number of non-ortho nitro benzene ring substituents is 1. The van der Waals surface area contributed by atoms with Gasteiger partial charge in [-0.25, -0.2) is 0 Å². The lowest BCUT2D eigenvalue weighted by molar-refractivity contribution is -0.384. The summed E-state index contributed by atoms with van der Waals surface area (Å²) in [5.41, 5.74) is 5.49. The molecule has 0 saturated carbocycles. The standard InChI is InChI=1S/C16H15N3O5/c1-10-6-7-12(9-14(10)24-2)16(21)18-17-15(20)11-4-3-5-13(8-11)19(22)23/h3-9H,1-2H3,(H,17,20)(H,18,21). The third kappa shape index (κ3) is 3.86. The van der Waals surface area contributed by atoms with Gasteiger partial charge in [0.15, 0.2) is 0 Å². The molecule has 0 aromatic heterocycles. The number of methoxy groups -OCH3 is 1. The lowest BCUT2D eigenvalue weighted by Gasteiger charge is -2.09. The third-order valence-electron chi connectivity index (χ3n) is 3.28. The van der Waals surface area contributed by atoms with E-state index in [4.69, 9.17) is 4.74 Å². The van der Waals surface area contributed by atoms with Crippen molar-refractivity contribution < 1.29 is 19.2 Å². The molecule has 2 rings (SSSR count). The Morgan fingerprint density at radius 2 is 1.67 bits per heavy atom. The van der Waals surface area contributed by atoms with E-state index in [-0.39, 0.29) is 11.3 Å². The molecule has 0 aliphatic heterocycles. The maximum absolute atomic E-state index is 12.0. The minimum Gasteiger partial charge on any atom is -0.496 e. The second-order valence-corrected chi connectivity index (χ2v) is 4.90. The second-order valence-electron chi connectivity index (χ2n) is 4.90. The summed E-state index contributed by atoms with van der Waals surface area (Å²) in [5, 5.41) is 10.7. The van der Waals surface area contributed by atoms with Crippen LogP contribution < -0.4 is 15.6 Å². The minimum atomic E-state index is -0.661. The highest BCUT2D eigenvalue weighted by atomic mass is 16.6. The molecule has 0 aliphatic carbocycles. The van der Waals surface area contributed by atoms with Crippen molar-refractivity contribution >= 4 is 17.5 Å². The van der Waals surface area contributed by atoms with Gasteiger partial charge in [0.05, 0.1) is 12.0 Å². The molecule has 2 aromatic rings. The highest BCUT2D eigenvalue weighted by Crippen LogP contribution is 2.18. The Morgan fingerprint density at radius 3 is 2.25 bits per heavy atom. The number of hydrogen-bond donors (Lipinski definition) is 2. The molecule has 2 aromatic carbocycles. The zero-order valence-electron chi connectivity index (χ0n) is 13.0. The van der Waals surface area contributed by atoms with Crippen LogP contribution in [0, 0.1) is 17.0 Å². The van der Waals surface area contributed by atoms with Gasteiger partial charge in [0, 0.05) is 23.3 Å². The van der Waals surface area contributed by atoms with Crippen LogP contribution in [0.2, 0.25) is 0 Å². The predicted octanol–water partition coefficient (Wildman–Crippen LogP) is 1.99. The van der Waals surface area contributed by atoms with Crippen molar-refractivity contribution in [3.63, 3.8) is 0 Å². The number of carbonyl (C=O) groups excluding carboxylic acids is 2. The highest BCUT2D eigenvalue weighted by molar-refractivity contribution is 5.99. The van der Waals surface area contributed by atoms with Crippen LogP contribution in [0.5, 0.6) is 5.75 Å². The van der Waals surface area contributed by atoms with E-state index < -0.39 is 16.7 Å². The van der Waals surface area contributed by atoms with Crippen LogP contribution in [-0.4, -0.2) is 23.8 Å². The molecule has 2 N–H and O–H groups in total. The summed E-state index contributed by atoms with van der Waals surface area (Å²) in [4.78, 5) is 34.1. The number of hydrazine groups is 1. The van der Waals surface area contributed by atoms with Crippen molar-refractivity contribution in [1.82, 2.24) is 10.9 Å². The van der Waals surface area contributed by atoms with Gasteiger partial charge in [-0.3, -0.25) is 30.6 Å². The molecule has 0 fully saturated rings. The molecular weight excluding hydrogens is 314 g/mol. The summed E-state index contributed by atoms with van der Waals surface area (Å²) in [6.07, 6.45) is 0. The van der Waals surface area contributed by atoms with Crippen molar-refractivity contribution in [1.29, 1.82) is 0 Å². The molecule has 0 radical (unpaired) electrons. The van der Waals surface area contributed by atoms with Gasteiger partial charge in [-0.15, -0.1) is 0 Å². The van der Waals surface area contributed by atoms with Gasteiger partial charge in [0.2, 0.25) is 0 Å². The van der Waals surface area contributed by atoms with Crippen molar-refractivity contribution in [2.45, 2.75) is 6.92 Å². The molecule has 0 bridgehead atoms. The topological polar surface area (TPSA) is 111 Å². The average Bonchev–Trinajstić information content (AvgIpc) is 2.59. The SMILES string of the molecule is COc1cc(C(=O)NNC(=O)c2cccc([N+](=O)[O-])c2)ccc1C. The largest absolute Gasteiger partial charge is 0.496 e. The molecule has 24 heavy (non-hydrogen) atoms. The number of nitrogens with one attached hydrogen (secondary N) is 2. The van der Waals surface area contributed by atoms with Crippen LogP contribution in [-0.2, 0) is 0 Å².